The first-order valence-electron chi connectivity index (χ1n) is 10.9. The van der Waals surface area contributed by atoms with Gasteiger partial charge in [0.2, 0.25) is 5.91 Å². The highest BCUT2D eigenvalue weighted by molar-refractivity contribution is 5.76. The van der Waals surface area contributed by atoms with Gasteiger partial charge < -0.3 is 18.9 Å². The van der Waals surface area contributed by atoms with E-state index in [9.17, 15) is 9.59 Å². The van der Waals surface area contributed by atoms with Gasteiger partial charge in [0, 0.05) is 57.5 Å². The quantitative estimate of drug-likeness (QED) is 0.604. The number of hydrogen-bond acceptors (Lipinski definition) is 6. The van der Waals surface area contributed by atoms with Gasteiger partial charge in [0.15, 0.2) is 0 Å². The van der Waals surface area contributed by atoms with E-state index >= 15 is 0 Å². The lowest BCUT2D eigenvalue weighted by atomic mass is 10.0. The molecule has 3 aliphatic rings. The maximum absolute atomic E-state index is 12.7. The molecule has 0 atom stereocenters. The summed E-state index contributed by atoms with van der Waals surface area (Å²) < 4.78 is 12.5. The van der Waals surface area contributed by atoms with E-state index in [2.05, 4.69) is 9.88 Å². The Balaban J connectivity index is 1.19. The number of amides is 1. The van der Waals surface area contributed by atoms with E-state index in [1.807, 2.05) is 4.90 Å². The molecule has 1 aromatic rings. The highest BCUT2D eigenvalue weighted by Gasteiger charge is 2.28. The van der Waals surface area contributed by atoms with Crippen molar-refractivity contribution in [3.63, 3.8) is 0 Å². The van der Waals surface area contributed by atoms with Crippen molar-refractivity contribution >= 4 is 11.9 Å². The molecule has 3 heterocycles. The van der Waals surface area contributed by atoms with E-state index in [0.29, 0.717) is 31.4 Å². The van der Waals surface area contributed by atoms with Crippen LogP contribution in [0.15, 0.2) is 12.4 Å². The smallest absolute Gasteiger partial charge is 0.326 e. The summed E-state index contributed by atoms with van der Waals surface area (Å²) in [6.07, 6.45) is 8.83. The molecule has 0 unspecified atom stereocenters. The van der Waals surface area contributed by atoms with Crippen molar-refractivity contribution in [2.45, 2.75) is 51.1 Å². The maximum Gasteiger partial charge on any atom is 0.326 e. The van der Waals surface area contributed by atoms with E-state index < -0.39 is 0 Å². The Morgan fingerprint density at radius 1 is 1.10 bits per heavy atom. The molecule has 0 radical (unpaired) electrons. The van der Waals surface area contributed by atoms with Crippen LogP contribution in [0.25, 0.3) is 0 Å². The third-order valence-corrected chi connectivity index (χ3v) is 6.22. The summed E-state index contributed by atoms with van der Waals surface area (Å²) in [6.45, 7) is 5.99. The molecule has 2 saturated heterocycles. The lowest BCUT2D eigenvalue weighted by molar-refractivity contribution is -0.144. The number of carbonyl (C=O) groups excluding carboxylic acids is 2. The van der Waals surface area contributed by atoms with Gasteiger partial charge in [-0.05, 0) is 31.6 Å². The number of likely N-dealkylation sites (tertiary alicyclic amines) is 1. The molecular weight excluding hydrogens is 372 g/mol. The molecule has 0 spiro atoms. The highest BCUT2D eigenvalue weighted by atomic mass is 16.5. The minimum absolute atomic E-state index is 0.168. The molecule has 8 nitrogen and oxygen atoms in total. The van der Waals surface area contributed by atoms with Gasteiger partial charge in [-0.1, -0.05) is 0 Å². The molecule has 160 valence electrons. The van der Waals surface area contributed by atoms with Crippen LogP contribution in [0, 0.1) is 5.92 Å². The number of nitrogens with zero attached hydrogens (tertiary/aromatic N) is 4. The second kappa shape index (κ2) is 9.71. The number of hydrogen-bond donors (Lipinski definition) is 0. The Morgan fingerprint density at radius 2 is 1.86 bits per heavy atom. The van der Waals surface area contributed by atoms with Crippen LogP contribution in [0.3, 0.4) is 0 Å². The fourth-order valence-electron chi connectivity index (χ4n) is 4.19. The Morgan fingerprint density at radius 3 is 2.59 bits per heavy atom. The summed E-state index contributed by atoms with van der Waals surface area (Å²) in [4.78, 5) is 33.5. The standard InChI is InChI=1S/C21H32N4O4/c26-20(24-8-5-18(6-9-24)23-11-13-28-14-12-23)4-3-19-22-7-10-25(19)15-21(27)29-16-17-1-2-17/h7,10,17-18H,1-6,8-9,11-16H2. The van der Waals surface area contributed by atoms with Crippen LogP contribution in [0.5, 0.6) is 0 Å². The molecule has 1 aliphatic carbocycles. The van der Waals surface area contributed by atoms with Crippen LogP contribution in [0.4, 0.5) is 0 Å². The number of aryl methyl sites for hydroxylation is 1. The second-order valence-corrected chi connectivity index (χ2v) is 8.36. The first kappa shape index (κ1) is 20.3. The minimum Gasteiger partial charge on any atom is -0.464 e. The van der Waals surface area contributed by atoms with Gasteiger partial charge in [0.05, 0.1) is 19.8 Å². The van der Waals surface area contributed by atoms with Gasteiger partial charge in [-0.25, -0.2) is 4.98 Å². The number of imidazole rings is 1. The molecule has 1 saturated carbocycles. The third kappa shape index (κ3) is 5.79. The first-order valence-corrected chi connectivity index (χ1v) is 10.9. The molecule has 0 aromatic carbocycles. The monoisotopic (exact) mass is 404 g/mol. The van der Waals surface area contributed by atoms with Crippen molar-refractivity contribution < 1.29 is 19.1 Å². The van der Waals surface area contributed by atoms with Gasteiger partial charge in [0.1, 0.15) is 12.4 Å². The summed E-state index contributed by atoms with van der Waals surface area (Å²) in [5.74, 6) is 1.28. The largest absolute Gasteiger partial charge is 0.464 e. The van der Waals surface area contributed by atoms with Crippen molar-refractivity contribution in [1.29, 1.82) is 0 Å². The number of morpholine rings is 1. The van der Waals surface area contributed by atoms with Crippen molar-refractivity contribution in [2.75, 3.05) is 46.0 Å². The molecule has 1 amide bonds. The lowest BCUT2D eigenvalue weighted by Crippen LogP contribution is -2.50. The van der Waals surface area contributed by atoms with Crippen LogP contribution in [0.1, 0.15) is 37.9 Å². The summed E-state index contributed by atoms with van der Waals surface area (Å²) in [5, 5.41) is 0. The van der Waals surface area contributed by atoms with Crippen LogP contribution in [-0.4, -0.2) is 83.3 Å². The zero-order valence-electron chi connectivity index (χ0n) is 17.1. The van der Waals surface area contributed by atoms with Crippen LogP contribution in [-0.2, 0) is 32.0 Å². The van der Waals surface area contributed by atoms with Crippen molar-refractivity contribution in [1.82, 2.24) is 19.4 Å². The molecule has 1 aromatic heterocycles. The Hall–Kier alpha value is -1.93. The predicted molar refractivity (Wildman–Crippen MR) is 106 cm³/mol. The van der Waals surface area contributed by atoms with E-state index in [1.165, 1.54) is 0 Å². The van der Waals surface area contributed by atoms with Gasteiger partial charge in [-0.15, -0.1) is 0 Å². The fraction of sp³-hybridized carbons (Fsp3) is 0.762. The van der Waals surface area contributed by atoms with E-state index in [-0.39, 0.29) is 18.4 Å². The molecule has 2 aliphatic heterocycles. The topological polar surface area (TPSA) is 76.9 Å². The average molecular weight is 405 g/mol. The van der Waals surface area contributed by atoms with Crippen molar-refractivity contribution in [3.05, 3.63) is 18.2 Å². The zero-order chi connectivity index (χ0) is 20.1. The summed E-state index contributed by atoms with van der Waals surface area (Å²) in [6, 6.07) is 0.573. The average Bonchev–Trinajstić information content (AvgIpc) is 3.50. The number of carbonyl (C=O) groups is 2. The molecule has 29 heavy (non-hydrogen) atoms. The van der Waals surface area contributed by atoms with Gasteiger partial charge >= 0.3 is 5.97 Å². The SMILES string of the molecule is O=C(Cn1ccnc1CCC(=O)N1CCC(N2CCOCC2)CC1)OCC1CC1. The van der Waals surface area contributed by atoms with Gasteiger partial charge in [-0.3, -0.25) is 14.5 Å². The number of piperidine rings is 1. The first-order chi connectivity index (χ1) is 14.2. The number of aromatic nitrogens is 2. The summed E-state index contributed by atoms with van der Waals surface area (Å²) in [5.41, 5.74) is 0. The molecular formula is C21H32N4O4. The van der Waals surface area contributed by atoms with Crippen molar-refractivity contribution in [2.24, 2.45) is 5.92 Å². The van der Waals surface area contributed by atoms with E-state index in [0.717, 1.165) is 70.9 Å². The van der Waals surface area contributed by atoms with Gasteiger partial charge in [0.25, 0.3) is 0 Å². The fourth-order valence-corrected chi connectivity index (χ4v) is 4.19. The van der Waals surface area contributed by atoms with E-state index in [1.54, 1.807) is 17.0 Å². The maximum atomic E-state index is 12.7. The number of rotatable bonds is 8. The molecule has 4 rings (SSSR count). The Kier molecular flexibility index (Phi) is 6.82. The number of ether oxygens (including phenoxy) is 2. The Bertz CT molecular complexity index is 689. The summed E-state index contributed by atoms with van der Waals surface area (Å²) in [7, 11) is 0. The molecule has 0 N–H and O–H groups in total. The lowest BCUT2D eigenvalue weighted by Gasteiger charge is -2.40. The van der Waals surface area contributed by atoms with Crippen LogP contribution in [0.2, 0.25) is 0 Å². The van der Waals surface area contributed by atoms with Crippen molar-refractivity contribution in [3.8, 4) is 0 Å². The summed E-state index contributed by atoms with van der Waals surface area (Å²) >= 11 is 0. The van der Waals surface area contributed by atoms with Gasteiger partial charge in [-0.2, -0.15) is 0 Å². The highest BCUT2D eigenvalue weighted by Crippen LogP contribution is 2.28. The molecule has 3 fully saturated rings. The zero-order valence-corrected chi connectivity index (χ0v) is 17.1. The van der Waals surface area contributed by atoms with Crippen LogP contribution < -0.4 is 0 Å². The molecule has 0 bridgehead atoms. The Labute approximate surface area is 172 Å². The molecule has 8 heteroatoms. The number of esters is 1. The predicted octanol–water partition coefficient (Wildman–Crippen LogP) is 1.09. The minimum atomic E-state index is -0.229. The normalized spacial score (nSPS) is 21.3. The van der Waals surface area contributed by atoms with E-state index in [4.69, 9.17) is 9.47 Å². The van der Waals surface area contributed by atoms with Crippen LogP contribution >= 0.6 is 0 Å². The second-order valence-electron chi connectivity index (χ2n) is 8.36. The third-order valence-electron chi connectivity index (χ3n) is 6.22.